The van der Waals surface area contributed by atoms with Crippen LogP contribution in [0.25, 0.3) is 0 Å². The van der Waals surface area contributed by atoms with E-state index in [0.717, 1.165) is 0 Å². The minimum atomic E-state index is -0.620. The molecular formula is C16H15N3O6. The highest BCUT2D eigenvalue weighted by Gasteiger charge is 2.32. The van der Waals surface area contributed by atoms with Gasteiger partial charge in [-0.15, -0.1) is 0 Å². The SMILES string of the molecule is COc1ccc(OCCN2C(=O)COc3ccc([N+](=O)[O-])nc32)cc1. The molecule has 0 saturated heterocycles. The lowest BCUT2D eigenvalue weighted by Gasteiger charge is -2.25. The summed E-state index contributed by atoms with van der Waals surface area (Å²) in [5.41, 5.74) is 0. The molecular weight excluding hydrogens is 330 g/mol. The third-order valence-corrected chi connectivity index (χ3v) is 3.56. The number of carbonyl (C=O) groups excluding carboxylic acids is 1. The first kappa shape index (κ1) is 16.5. The number of carbonyl (C=O) groups is 1. The summed E-state index contributed by atoms with van der Waals surface area (Å²) in [6, 6.07) is 9.68. The van der Waals surface area contributed by atoms with Crippen molar-refractivity contribution in [2.45, 2.75) is 0 Å². The fourth-order valence-electron chi connectivity index (χ4n) is 2.33. The minimum Gasteiger partial charge on any atom is -0.497 e. The number of nitrogens with zero attached hydrogens (tertiary/aromatic N) is 3. The van der Waals surface area contributed by atoms with E-state index in [9.17, 15) is 14.9 Å². The van der Waals surface area contributed by atoms with Crippen LogP contribution in [0.2, 0.25) is 0 Å². The Balaban J connectivity index is 1.70. The van der Waals surface area contributed by atoms with Gasteiger partial charge >= 0.3 is 5.82 Å². The fourth-order valence-corrected chi connectivity index (χ4v) is 2.33. The number of nitro groups is 1. The average molecular weight is 345 g/mol. The van der Waals surface area contributed by atoms with Gasteiger partial charge in [-0.2, -0.15) is 0 Å². The van der Waals surface area contributed by atoms with Crippen LogP contribution in [0.1, 0.15) is 0 Å². The third kappa shape index (κ3) is 3.60. The predicted molar refractivity (Wildman–Crippen MR) is 87.2 cm³/mol. The molecule has 1 aromatic heterocycles. The van der Waals surface area contributed by atoms with Gasteiger partial charge in [-0.3, -0.25) is 9.69 Å². The number of hydrogen-bond donors (Lipinski definition) is 0. The number of fused-ring (bicyclic) bond motifs is 1. The molecule has 9 heteroatoms. The molecule has 1 aromatic carbocycles. The summed E-state index contributed by atoms with van der Waals surface area (Å²) in [6.45, 7) is 0.242. The lowest BCUT2D eigenvalue weighted by molar-refractivity contribution is -0.389. The number of anilines is 1. The van der Waals surface area contributed by atoms with E-state index in [1.54, 1.807) is 31.4 Å². The number of methoxy groups -OCH3 is 1. The molecule has 130 valence electrons. The summed E-state index contributed by atoms with van der Waals surface area (Å²) in [4.78, 5) is 27.6. The van der Waals surface area contributed by atoms with Gasteiger partial charge in [-0.25, -0.2) is 0 Å². The van der Waals surface area contributed by atoms with Crippen molar-refractivity contribution in [3.8, 4) is 17.2 Å². The molecule has 0 saturated carbocycles. The van der Waals surface area contributed by atoms with Crippen molar-refractivity contribution in [2.24, 2.45) is 0 Å². The average Bonchev–Trinajstić information content (AvgIpc) is 2.63. The van der Waals surface area contributed by atoms with Crippen molar-refractivity contribution in [3.05, 3.63) is 46.5 Å². The molecule has 1 aliphatic heterocycles. The summed E-state index contributed by atoms with van der Waals surface area (Å²) in [5, 5.41) is 10.9. The third-order valence-electron chi connectivity index (χ3n) is 3.56. The van der Waals surface area contributed by atoms with Crippen molar-refractivity contribution in [2.75, 3.05) is 31.8 Å². The standard InChI is InChI=1S/C16H15N3O6/c1-23-11-2-4-12(5-3-11)24-9-8-18-15(20)10-25-13-6-7-14(19(21)22)17-16(13)18/h2-7H,8-10H2,1H3. The van der Waals surface area contributed by atoms with E-state index in [1.807, 2.05) is 0 Å². The van der Waals surface area contributed by atoms with E-state index in [1.165, 1.54) is 17.0 Å². The van der Waals surface area contributed by atoms with Crippen LogP contribution >= 0.6 is 0 Å². The van der Waals surface area contributed by atoms with Crippen LogP contribution in [0.5, 0.6) is 17.2 Å². The Bertz CT molecular complexity index is 793. The molecule has 1 aliphatic rings. The van der Waals surface area contributed by atoms with Crippen LogP contribution in [0.4, 0.5) is 11.6 Å². The van der Waals surface area contributed by atoms with Crippen LogP contribution in [-0.4, -0.2) is 42.7 Å². The molecule has 25 heavy (non-hydrogen) atoms. The Morgan fingerprint density at radius 3 is 2.64 bits per heavy atom. The van der Waals surface area contributed by atoms with Crippen LogP contribution in [-0.2, 0) is 4.79 Å². The fraction of sp³-hybridized carbons (Fsp3) is 0.250. The number of rotatable bonds is 6. The first-order valence-electron chi connectivity index (χ1n) is 7.44. The van der Waals surface area contributed by atoms with Gasteiger partial charge in [0.1, 0.15) is 18.1 Å². The van der Waals surface area contributed by atoms with Crippen LogP contribution in [0.15, 0.2) is 36.4 Å². The normalized spacial score (nSPS) is 13.0. The highest BCUT2D eigenvalue weighted by molar-refractivity contribution is 5.96. The van der Waals surface area contributed by atoms with Gasteiger partial charge < -0.3 is 24.3 Å². The highest BCUT2D eigenvalue weighted by Crippen LogP contribution is 2.31. The lowest BCUT2D eigenvalue weighted by Crippen LogP contribution is -2.41. The van der Waals surface area contributed by atoms with Crippen molar-refractivity contribution in [3.63, 3.8) is 0 Å². The maximum absolute atomic E-state index is 12.1. The number of pyridine rings is 1. The van der Waals surface area contributed by atoms with Gasteiger partial charge in [0.25, 0.3) is 11.7 Å². The number of ether oxygens (including phenoxy) is 3. The van der Waals surface area contributed by atoms with Crippen LogP contribution < -0.4 is 19.1 Å². The largest absolute Gasteiger partial charge is 0.497 e. The van der Waals surface area contributed by atoms with Crippen molar-refractivity contribution < 1.29 is 23.9 Å². The monoisotopic (exact) mass is 345 g/mol. The molecule has 0 atom stereocenters. The van der Waals surface area contributed by atoms with Gasteiger partial charge in [0.05, 0.1) is 13.7 Å². The molecule has 9 nitrogen and oxygen atoms in total. The quantitative estimate of drug-likeness (QED) is 0.581. The van der Waals surface area contributed by atoms with E-state index in [2.05, 4.69) is 4.98 Å². The van der Waals surface area contributed by atoms with Gasteiger partial charge in [-0.05, 0) is 40.2 Å². The molecule has 0 radical (unpaired) electrons. The first-order chi connectivity index (χ1) is 12.1. The van der Waals surface area contributed by atoms with Crippen molar-refractivity contribution in [1.82, 2.24) is 4.98 Å². The second kappa shape index (κ2) is 7.04. The second-order valence-electron chi connectivity index (χ2n) is 5.11. The molecule has 0 aliphatic carbocycles. The Morgan fingerprint density at radius 2 is 1.96 bits per heavy atom. The molecule has 0 N–H and O–H groups in total. The zero-order valence-electron chi connectivity index (χ0n) is 13.4. The summed E-state index contributed by atoms with van der Waals surface area (Å²) in [7, 11) is 1.57. The minimum absolute atomic E-state index is 0.129. The Kier molecular flexibility index (Phi) is 4.64. The molecule has 1 amide bonds. The summed E-state index contributed by atoms with van der Waals surface area (Å²) in [6.07, 6.45) is 0. The summed E-state index contributed by atoms with van der Waals surface area (Å²) < 4.78 is 15.9. The van der Waals surface area contributed by atoms with E-state index in [-0.39, 0.29) is 37.3 Å². The van der Waals surface area contributed by atoms with E-state index < -0.39 is 4.92 Å². The van der Waals surface area contributed by atoms with Gasteiger partial charge in [0.15, 0.2) is 12.4 Å². The molecule has 0 fully saturated rings. The van der Waals surface area contributed by atoms with Gasteiger partial charge in [0.2, 0.25) is 0 Å². The zero-order chi connectivity index (χ0) is 17.8. The zero-order valence-corrected chi connectivity index (χ0v) is 13.4. The Morgan fingerprint density at radius 1 is 1.24 bits per heavy atom. The van der Waals surface area contributed by atoms with E-state index >= 15 is 0 Å². The molecule has 3 rings (SSSR count). The smallest absolute Gasteiger partial charge is 0.366 e. The summed E-state index contributed by atoms with van der Waals surface area (Å²) >= 11 is 0. The maximum Gasteiger partial charge on any atom is 0.366 e. The number of benzene rings is 1. The Hall–Kier alpha value is -3.36. The van der Waals surface area contributed by atoms with Crippen molar-refractivity contribution >= 4 is 17.5 Å². The Labute approximate surface area is 142 Å². The first-order valence-corrected chi connectivity index (χ1v) is 7.44. The highest BCUT2D eigenvalue weighted by atomic mass is 16.6. The topological polar surface area (TPSA) is 104 Å². The second-order valence-corrected chi connectivity index (χ2v) is 5.11. The molecule has 0 bridgehead atoms. The van der Waals surface area contributed by atoms with Crippen LogP contribution in [0.3, 0.4) is 0 Å². The molecule has 0 unspecified atom stereocenters. The number of hydrogen-bond acceptors (Lipinski definition) is 7. The number of aromatic nitrogens is 1. The molecule has 0 spiro atoms. The van der Waals surface area contributed by atoms with E-state index in [0.29, 0.717) is 17.2 Å². The summed E-state index contributed by atoms with van der Waals surface area (Å²) in [5.74, 6) is 1.10. The van der Waals surface area contributed by atoms with E-state index in [4.69, 9.17) is 14.2 Å². The molecule has 2 heterocycles. The molecule has 2 aromatic rings. The number of amides is 1. The van der Waals surface area contributed by atoms with Crippen molar-refractivity contribution in [1.29, 1.82) is 0 Å². The maximum atomic E-state index is 12.1. The van der Waals surface area contributed by atoms with Gasteiger partial charge in [-0.1, -0.05) is 0 Å². The van der Waals surface area contributed by atoms with Crippen LogP contribution in [0, 0.1) is 10.1 Å². The van der Waals surface area contributed by atoms with Gasteiger partial charge in [0, 0.05) is 6.07 Å². The predicted octanol–water partition coefficient (Wildman–Crippen LogP) is 1.80. The lowest BCUT2D eigenvalue weighted by atomic mass is 10.3.